The van der Waals surface area contributed by atoms with Crippen LogP contribution in [0.15, 0.2) is 214 Å². The van der Waals surface area contributed by atoms with Gasteiger partial charge in [0.05, 0.1) is 6.15 Å². The fourth-order valence-corrected chi connectivity index (χ4v) is 9.25. The summed E-state index contributed by atoms with van der Waals surface area (Å²) in [5.74, 6) is 0. The third-order valence-electron chi connectivity index (χ3n) is 10.4. The molecule has 260 valence electrons. The van der Waals surface area contributed by atoms with Crippen LogP contribution in [-0.2, 0) is 17.4 Å². The van der Waals surface area contributed by atoms with Gasteiger partial charge in [0, 0.05) is 30.1 Å². The number of hydrogen-bond acceptors (Lipinski definition) is 0. The van der Waals surface area contributed by atoms with E-state index in [9.17, 15) is 0 Å². The molecular formula is C48H38BBr3S. The summed E-state index contributed by atoms with van der Waals surface area (Å²) >= 11 is 15.0. The highest BCUT2D eigenvalue weighted by Gasteiger charge is 2.41. The molecule has 0 aliphatic heterocycles. The van der Waals surface area contributed by atoms with E-state index in [0.29, 0.717) is 0 Å². The zero-order valence-corrected chi connectivity index (χ0v) is 34.9. The van der Waals surface area contributed by atoms with Gasteiger partial charge in [-0.3, -0.25) is 0 Å². The van der Waals surface area contributed by atoms with Gasteiger partial charge in [0.2, 0.25) is 0 Å². The molecule has 5 heteroatoms. The van der Waals surface area contributed by atoms with Gasteiger partial charge in [-0.15, -0.1) is 19.0 Å². The fraction of sp³-hybridized carbons (Fsp3) is 0.0417. The maximum atomic E-state index is 4.32. The van der Waals surface area contributed by atoms with Crippen molar-refractivity contribution >= 4 is 104 Å². The molecule has 0 saturated heterocycles. The van der Waals surface area contributed by atoms with Crippen LogP contribution in [0, 0.1) is 0 Å². The Hall–Kier alpha value is -4.13. The molecule has 8 aromatic rings. The number of benzene rings is 8. The third-order valence-corrected chi connectivity index (χ3v) is 12.8. The van der Waals surface area contributed by atoms with Crippen LogP contribution in [0.3, 0.4) is 0 Å². The summed E-state index contributed by atoms with van der Waals surface area (Å²) in [5, 5.41) is 5.02. The standard InChI is InChI=1S/C27H20S.C21H17BBr3/c28-27(22-14-2-1-3-15-22,25-18-8-12-20-10-4-6-16-23(20)25)26-19-9-13-21-11-5-7-17-24(21)26;1-2-15-22(16-3-9-19(23)10-4-16,17-5-11-20(24)12-6-17)18-7-13-21(25)14-8-18/h1-19,28H;2-14H,1,15H2/q;-1/p+1. The topological polar surface area (TPSA) is 0 Å². The van der Waals surface area contributed by atoms with Crippen molar-refractivity contribution in [1.29, 1.82) is 0 Å². The number of allylic oxidation sites excluding steroid dienone is 1. The van der Waals surface area contributed by atoms with Crippen LogP contribution >= 0.6 is 47.8 Å². The molecule has 0 radical (unpaired) electrons. The largest absolute Gasteiger partial charge is 0.200 e. The number of rotatable bonds is 8. The Morgan fingerprint density at radius 1 is 0.453 bits per heavy atom. The molecule has 0 amide bonds. The van der Waals surface area contributed by atoms with Crippen molar-refractivity contribution in [2.45, 2.75) is 11.1 Å². The molecule has 0 spiro atoms. The monoisotopic (exact) mass is 894 g/mol. The maximum Gasteiger partial charge on any atom is 0.199 e. The van der Waals surface area contributed by atoms with Gasteiger partial charge >= 0.3 is 0 Å². The summed E-state index contributed by atoms with van der Waals surface area (Å²) in [6, 6.07) is 67.1. The van der Waals surface area contributed by atoms with E-state index in [1.165, 1.54) is 54.6 Å². The van der Waals surface area contributed by atoms with E-state index >= 15 is 0 Å². The van der Waals surface area contributed by atoms with Gasteiger partial charge in [-0.2, -0.15) is 16.4 Å². The lowest BCUT2D eigenvalue weighted by atomic mass is 9.14. The first-order valence-electron chi connectivity index (χ1n) is 17.7. The zero-order valence-electron chi connectivity index (χ0n) is 29.1. The Kier molecular flexibility index (Phi) is 11.6. The molecule has 0 aromatic heterocycles. The Labute approximate surface area is 343 Å². The van der Waals surface area contributed by atoms with E-state index < -0.39 is 10.9 Å². The summed E-state index contributed by atoms with van der Waals surface area (Å²) in [6.07, 6.45) is 1.79. The number of halogens is 3. The highest BCUT2D eigenvalue weighted by Crippen LogP contribution is 2.43. The van der Waals surface area contributed by atoms with Crippen molar-refractivity contribution in [3.05, 3.63) is 231 Å². The molecule has 53 heavy (non-hydrogen) atoms. The Morgan fingerprint density at radius 2 is 0.811 bits per heavy atom. The molecule has 0 atom stereocenters. The molecular weight excluding hydrogens is 859 g/mol. The van der Waals surface area contributed by atoms with Crippen molar-refractivity contribution in [3.8, 4) is 0 Å². The van der Waals surface area contributed by atoms with E-state index in [1.807, 2.05) is 6.08 Å². The zero-order chi connectivity index (χ0) is 36.8. The average Bonchev–Trinajstić information content (AvgIpc) is 3.21. The van der Waals surface area contributed by atoms with E-state index in [0.717, 1.165) is 19.7 Å². The van der Waals surface area contributed by atoms with Gasteiger partial charge in [-0.25, -0.2) is 0 Å². The van der Waals surface area contributed by atoms with Crippen molar-refractivity contribution in [3.63, 3.8) is 0 Å². The van der Waals surface area contributed by atoms with Crippen LogP contribution in [0.25, 0.3) is 21.5 Å². The second-order valence-corrected chi connectivity index (χ2v) is 16.9. The first kappa shape index (κ1) is 37.2. The third kappa shape index (κ3) is 7.50. The number of hydrogen-bond donors (Lipinski definition) is 0. The smallest absolute Gasteiger partial charge is 0.199 e. The lowest BCUT2D eigenvalue weighted by Gasteiger charge is -2.42. The van der Waals surface area contributed by atoms with Gasteiger partial charge < -0.3 is 0 Å². The molecule has 0 unspecified atom stereocenters. The second kappa shape index (κ2) is 16.5. The molecule has 0 saturated carbocycles. The van der Waals surface area contributed by atoms with Crippen LogP contribution in [-0.4, -0.2) is 6.15 Å². The van der Waals surface area contributed by atoms with E-state index in [4.69, 9.17) is 0 Å². The van der Waals surface area contributed by atoms with Gasteiger partial charge in [0.15, 0.2) is 4.75 Å². The Bertz CT molecular complexity index is 2280. The minimum absolute atomic E-state index is 0.455. The van der Waals surface area contributed by atoms with Crippen LogP contribution in [0.1, 0.15) is 16.7 Å². The lowest BCUT2D eigenvalue weighted by Crippen LogP contribution is -2.66. The first-order chi connectivity index (χ1) is 25.8. The summed E-state index contributed by atoms with van der Waals surface area (Å²) in [7, 11) is 0. The van der Waals surface area contributed by atoms with Crippen molar-refractivity contribution < 1.29 is 0 Å². The van der Waals surface area contributed by atoms with Crippen LogP contribution in [0.2, 0.25) is 6.32 Å². The van der Waals surface area contributed by atoms with E-state index in [-0.39, 0.29) is 0 Å². The molecule has 0 N–H and O–H groups in total. The molecule has 8 aromatic carbocycles. The van der Waals surface area contributed by atoms with Crippen LogP contribution in [0.4, 0.5) is 0 Å². The molecule has 0 fully saturated rings. The summed E-state index contributed by atoms with van der Waals surface area (Å²) in [6.45, 7) is 4.06. The van der Waals surface area contributed by atoms with Crippen LogP contribution < -0.4 is 16.4 Å². The highest BCUT2D eigenvalue weighted by molar-refractivity contribution is 9.11. The average molecular weight is 897 g/mol. The molecule has 0 nitrogen and oxygen atoms in total. The molecule has 0 aliphatic carbocycles. The fourth-order valence-electron chi connectivity index (χ4n) is 7.86. The SMILES string of the molecule is C=CC[B-](c1ccc(Br)cc1)(c1ccc(Br)cc1)c1ccc(Br)cc1.[SH2+]C(c1ccccc1)(c1cccc2ccccc12)c1cccc2ccccc12. The predicted octanol–water partition coefficient (Wildman–Crippen LogP) is 11.9. The van der Waals surface area contributed by atoms with Crippen LogP contribution in [0.5, 0.6) is 0 Å². The molecule has 8 rings (SSSR count). The first-order valence-corrected chi connectivity index (χ1v) is 20.6. The van der Waals surface area contributed by atoms with E-state index in [1.54, 1.807) is 0 Å². The molecule has 0 heterocycles. The molecule has 0 bridgehead atoms. The minimum atomic E-state index is -1.13. The van der Waals surface area contributed by atoms with Crippen molar-refractivity contribution in [1.82, 2.24) is 0 Å². The Balaban J connectivity index is 0.000000166. The quantitative estimate of drug-likeness (QED) is 0.0617. The van der Waals surface area contributed by atoms with E-state index in [2.05, 4.69) is 255 Å². The minimum Gasteiger partial charge on any atom is -0.200 e. The van der Waals surface area contributed by atoms with Gasteiger partial charge in [0.25, 0.3) is 0 Å². The number of fused-ring (bicyclic) bond motifs is 2. The maximum absolute atomic E-state index is 4.32. The summed E-state index contributed by atoms with van der Waals surface area (Å²) in [5.41, 5.74) is 7.67. The highest BCUT2D eigenvalue weighted by atomic mass is 79.9. The normalized spacial score (nSPS) is 11.5. The van der Waals surface area contributed by atoms with Crippen molar-refractivity contribution in [2.75, 3.05) is 0 Å². The van der Waals surface area contributed by atoms with Gasteiger partial charge in [-0.05, 0) is 34.2 Å². The summed E-state index contributed by atoms with van der Waals surface area (Å²) in [4.78, 5) is 0. The lowest BCUT2D eigenvalue weighted by molar-refractivity contribution is 0.923. The predicted molar refractivity (Wildman–Crippen MR) is 246 cm³/mol. The second-order valence-electron chi connectivity index (χ2n) is 13.4. The van der Waals surface area contributed by atoms with Gasteiger partial charge in [0.1, 0.15) is 0 Å². The Morgan fingerprint density at radius 3 is 1.21 bits per heavy atom. The van der Waals surface area contributed by atoms with Gasteiger partial charge in [-0.1, -0.05) is 236 Å². The van der Waals surface area contributed by atoms with Crippen molar-refractivity contribution in [2.24, 2.45) is 0 Å². The summed E-state index contributed by atoms with van der Waals surface area (Å²) < 4.78 is 2.81. The molecule has 0 aliphatic rings.